The van der Waals surface area contributed by atoms with Crippen molar-refractivity contribution in [1.82, 2.24) is 5.32 Å². The second-order valence-electron chi connectivity index (χ2n) is 7.91. The molecule has 0 spiro atoms. The van der Waals surface area contributed by atoms with Gasteiger partial charge in [-0.15, -0.1) is 0 Å². The van der Waals surface area contributed by atoms with E-state index in [9.17, 15) is 13.2 Å². The predicted molar refractivity (Wildman–Crippen MR) is 115 cm³/mol. The third-order valence-corrected chi connectivity index (χ3v) is 5.81. The number of carbonyl (C=O) groups is 1. The highest BCUT2D eigenvalue weighted by Gasteiger charge is 2.22. The summed E-state index contributed by atoms with van der Waals surface area (Å²) >= 11 is 5.96. The highest BCUT2D eigenvalue weighted by atomic mass is 35.5. The molecule has 0 aliphatic heterocycles. The number of sulfonamides is 1. The molecule has 0 radical (unpaired) electrons. The lowest BCUT2D eigenvalue weighted by Gasteiger charge is -2.24. The van der Waals surface area contributed by atoms with Gasteiger partial charge >= 0.3 is 0 Å². The molecular weight excluding hydrogens is 396 g/mol. The number of nitrogens with zero attached hydrogens (tertiary/aromatic N) is 1. The number of rotatable bonds is 6. The molecule has 0 bridgehead atoms. The molecule has 0 saturated carbocycles. The van der Waals surface area contributed by atoms with E-state index in [2.05, 4.69) is 26.1 Å². The number of benzene rings is 2. The normalized spacial score (nSPS) is 13.1. The standard InChI is InChI=1S/C21H27ClN2O3S/c1-15(16-9-11-17(12-10-16)21(2,3)4)23-20(25)14-24(28(5,26)27)19-8-6-7-18(22)13-19/h6-13,15H,14H2,1-5H3,(H,23,25)/t15-/m1/s1. The van der Waals surface area contributed by atoms with Crippen LogP contribution in [0.25, 0.3) is 0 Å². The third-order valence-electron chi connectivity index (χ3n) is 4.44. The van der Waals surface area contributed by atoms with Crippen molar-refractivity contribution in [1.29, 1.82) is 0 Å². The summed E-state index contributed by atoms with van der Waals surface area (Å²) in [4.78, 5) is 12.5. The van der Waals surface area contributed by atoms with Gasteiger partial charge < -0.3 is 5.32 Å². The zero-order valence-electron chi connectivity index (χ0n) is 16.9. The van der Waals surface area contributed by atoms with Crippen LogP contribution in [0.2, 0.25) is 5.02 Å². The summed E-state index contributed by atoms with van der Waals surface area (Å²) in [5, 5.41) is 3.27. The first-order valence-corrected chi connectivity index (χ1v) is 11.2. The molecule has 2 aromatic rings. The Morgan fingerprint density at radius 1 is 1.14 bits per heavy atom. The molecule has 1 amide bonds. The van der Waals surface area contributed by atoms with Gasteiger partial charge in [-0.1, -0.05) is 62.7 Å². The Balaban J connectivity index is 2.12. The van der Waals surface area contributed by atoms with Gasteiger partial charge in [-0.25, -0.2) is 8.42 Å². The third kappa shape index (κ3) is 5.97. The Bertz CT molecular complexity index is 935. The molecule has 1 atom stereocenters. The van der Waals surface area contributed by atoms with E-state index in [1.54, 1.807) is 18.2 Å². The van der Waals surface area contributed by atoms with E-state index in [1.165, 1.54) is 11.6 Å². The predicted octanol–water partition coefficient (Wildman–Crippen LogP) is 4.28. The lowest BCUT2D eigenvalue weighted by molar-refractivity contribution is -0.120. The summed E-state index contributed by atoms with van der Waals surface area (Å²) in [6.45, 7) is 7.98. The topological polar surface area (TPSA) is 66.5 Å². The Morgan fingerprint density at radius 2 is 1.75 bits per heavy atom. The van der Waals surface area contributed by atoms with Crippen molar-refractivity contribution < 1.29 is 13.2 Å². The monoisotopic (exact) mass is 422 g/mol. The summed E-state index contributed by atoms with van der Waals surface area (Å²) in [6.07, 6.45) is 1.07. The van der Waals surface area contributed by atoms with E-state index in [-0.39, 0.29) is 18.0 Å². The number of nitrogens with one attached hydrogen (secondary N) is 1. The smallest absolute Gasteiger partial charge is 0.241 e. The Labute approximate surface area is 172 Å². The fourth-order valence-electron chi connectivity index (χ4n) is 2.80. The summed E-state index contributed by atoms with van der Waals surface area (Å²) in [7, 11) is -3.64. The quantitative estimate of drug-likeness (QED) is 0.755. The number of anilines is 1. The number of halogens is 1. The molecule has 0 aliphatic rings. The average Bonchev–Trinajstić information content (AvgIpc) is 2.58. The van der Waals surface area contributed by atoms with Gasteiger partial charge in [-0.05, 0) is 41.7 Å². The van der Waals surface area contributed by atoms with E-state index < -0.39 is 15.9 Å². The molecule has 0 aliphatic carbocycles. The van der Waals surface area contributed by atoms with Gasteiger partial charge in [-0.3, -0.25) is 9.10 Å². The van der Waals surface area contributed by atoms with E-state index in [1.807, 2.05) is 31.2 Å². The highest BCUT2D eigenvalue weighted by molar-refractivity contribution is 7.92. The van der Waals surface area contributed by atoms with Gasteiger partial charge in [-0.2, -0.15) is 0 Å². The van der Waals surface area contributed by atoms with Crippen molar-refractivity contribution >= 4 is 33.2 Å². The van der Waals surface area contributed by atoms with E-state index in [0.717, 1.165) is 16.1 Å². The van der Waals surface area contributed by atoms with Gasteiger partial charge in [0.25, 0.3) is 0 Å². The SMILES string of the molecule is C[C@@H](NC(=O)CN(c1cccc(Cl)c1)S(C)(=O)=O)c1ccc(C(C)(C)C)cc1. The highest BCUT2D eigenvalue weighted by Crippen LogP contribution is 2.24. The van der Waals surface area contributed by atoms with Crippen LogP contribution in [0.1, 0.15) is 44.9 Å². The van der Waals surface area contributed by atoms with Crippen LogP contribution in [0.5, 0.6) is 0 Å². The van der Waals surface area contributed by atoms with Crippen LogP contribution in [0.3, 0.4) is 0 Å². The van der Waals surface area contributed by atoms with Crippen LogP contribution < -0.4 is 9.62 Å². The minimum absolute atomic E-state index is 0.0535. The molecule has 0 saturated heterocycles. The fourth-order valence-corrected chi connectivity index (χ4v) is 3.84. The van der Waals surface area contributed by atoms with Gasteiger partial charge in [0, 0.05) is 5.02 Å². The lowest BCUT2D eigenvalue weighted by Crippen LogP contribution is -2.41. The van der Waals surface area contributed by atoms with Crippen molar-refractivity contribution in [2.45, 2.75) is 39.2 Å². The van der Waals surface area contributed by atoms with Crippen LogP contribution in [0, 0.1) is 0 Å². The van der Waals surface area contributed by atoms with Crippen molar-refractivity contribution in [2.75, 3.05) is 17.1 Å². The molecular formula is C21H27ClN2O3S. The minimum atomic E-state index is -3.64. The number of hydrogen-bond acceptors (Lipinski definition) is 3. The van der Waals surface area contributed by atoms with Crippen molar-refractivity contribution in [2.24, 2.45) is 0 Å². The van der Waals surface area contributed by atoms with Crippen LogP contribution in [-0.2, 0) is 20.2 Å². The maximum Gasteiger partial charge on any atom is 0.241 e. The Hall–Kier alpha value is -2.05. The first kappa shape index (κ1) is 22.2. The first-order chi connectivity index (χ1) is 12.9. The average molecular weight is 423 g/mol. The molecule has 28 heavy (non-hydrogen) atoms. The van der Waals surface area contributed by atoms with E-state index in [4.69, 9.17) is 11.6 Å². The van der Waals surface area contributed by atoms with Crippen molar-refractivity contribution in [3.63, 3.8) is 0 Å². The molecule has 2 rings (SSSR count). The minimum Gasteiger partial charge on any atom is -0.348 e. The lowest BCUT2D eigenvalue weighted by atomic mass is 9.86. The Morgan fingerprint density at radius 3 is 2.25 bits per heavy atom. The van der Waals surface area contributed by atoms with Crippen molar-refractivity contribution in [3.8, 4) is 0 Å². The van der Waals surface area contributed by atoms with Crippen molar-refractivity contribution in [3.05, 3.63) is 64.7 Å². The summed E-state index contributed by atoms with van der Waals surface area (Å²) in [5.41, 5.74) is 2.57. The number of amides is 1. The zero-order valence-corrected chi connectivity index (χ0v) is 18.4. The molecule has 0 unspecified atom stereocenters. The molecule has 0 aromatic heterocycles. The maximum atomic E-state index is 12.5. The van der Waals surface area contributed by atoms with Crippen LogP contribution in [0.15, 0.2) is 48.5 Å². The molecule has 1 N–H and O–H groups in total. The maximum absolute atomic E-state index is 12.5. The number of carbonyl (C=O) groups excluding carboxylic acids is 1. The number of hydrogen-bond donors (Lipinski definition) is 1. The molecule has 152 valence electrons. The molecule has 0 heterocycles. The first-order valence-electron chi connectivity index (χ1n) is 9.01. The van der Waals surface area contributed by atoms with Crippen LogP contribution in [-0.4, -0.2) is 27.1 Å². The molecule has 0 fully saturated rings. The summed E-state index contributed by atoms with van der Waals surface area (Å²) in [5.74, 6) is -0.391. The van der Waals surface area contributed by atoms with Gasteiger partial charge in [0.2, 0.25) is 15.9 Å². The second kappa shape index (κ2) is 8.53. The molecule has 5 nitrogen and oxygen atoms in total. The molecule has 7 heteroatoms. The zero-order chi connectivity index (χ0) is 21.1. The fraction of sp³-hybridized carbons (Fsp3) is 0.381. The van der Waals surface area contributed by atoms with E-state index in [0.29, 0.717) is 10.7 Å². The van der Waals surface area contributed by atoms with E-state index >= 15 is 0 Å². The molecule has 2 aromatic carbocycles. The van der Waals surface area contributed by atoms with Gasteiger partial charge in [0.1, 0.15) is 6.54 Å². The van der Waals surface area contributed by atoms with Crippen LogP contribution in [0.4, 0.5) is 5.69 Å². The van der Waals surface area contributed by atoms with Gasteiger partial charge in [0.05, 0.1) is 18.0 Å². The Kier molecular flexibility index (Phi) is 6.78. The second-order valence-corrected chi connectivity index (χ2v) is 10.3. The largest absolute Gasteiger partial charge is 0.348 e. The van der Waals surface area contributed by atoms with Gasteiger partial charge in [0.15, 0.2) is 0 Å². The summed E-state index contributed by atoms with van der Waals surface area (Å²) < 4.78 is 25.4. The van der Waals surface area contributed by atoms with Crippen LogP contribution >= 0.6 is 11.6 Å². The summed E-state index contributed by atoms with van der Waals surface area (Å²) in [6, 6.07) is 14.2.